The summed E-state index contributed by atoms with van der Waals surface area (Å²) < 4.78 is 0. The molecule has 0 saturated carbocycles. The van der Waals surface area contributed by atoms with Gasteiger partial charge in [-0.1, -0.05) is 0 Å². The fraction of sp³-hybridized carbons (Fsp3) is 0.727. The second-order valence-corrected chi connectivity index (χ2v) is 5.00. The van der Waals surface area contributed by atoms with E-state index in [1.54, 1.807) is 0 Å². The first-order chi connectivity index (χ1) is 8.33. The quantitative estimate of drug-likeness (QED) is 0.553. The highest BCUT2D eigenvalue weighted by Gasteiger charge is 2.29. The summed E-state index contributed by atoms with van der Waals surface area (Å²) in [4.78, 5) is 33.8. The van der Waals surface area contributed by atoms with Gasteiger partial charge in [-0.15, -0.1) is 0 Å². The number of carbonyl (C=O) groups excluding carboxylic acids is 2. The first kappa shape index (κ1) is 14.3. The van der Waals surface area contributed by atoms with Gasteiger partial charge >= 0.3 is 12.0 Å². The number of amides is 3. The third-order valence-electron chi connectivity index (χ3n) is 2.86. The third kappa shape index (κ3) is 3.90. The van der Waals surface area contributed by atoms with Crippen molar-refractivity contribution in [2.24, 2.45) is 5.41 Å². The Balaban J connectivity index is 2.38. The average molecular weight is 257 g/mol. The highest BCUT2D eigenvalue weighted by Crippen LogP contribution is 2.12. The van der Waals surface area contributed by atoms with Crippen molar-refractivity contribution < 1.29 is 19.5 Å². The van der Waals surface area contributed by atoms with Crippen LogP contribution in [-0.2, 0) is 9.59 Å². The Morgan fingerprint density at radius 2 is 2.17 bits per heavy atom. The van der Waals surface area contributed by atoms with E-state index in [-0.39, 0.29) is 12.5 Å². The highest BCUT2D eigenvalue weighted by atomic mass is 16.4. The van der Waals surface area contributed by atoms with Crippen molar-refractivity contribution in [1.29, 1.82) is 0 Å². The van der Waals surface area contributed by atoms with E-state index in [0.717, 1.165) is 6.42 Å². The summed E-state index contributed by atoms with van der Waals surface area (Å²) in [5, 5.41) is 16.5. The van der Waals surface area contributed by atoms with Crippen LogP contribution in [0.5, 0.6) is 0 Å². The molecule has 1 aliphatic heterocycles. The lowest BCUT2D eigenvalue weighted by molar-refractivity contribution is -0.146. The zero-order valence-electron chi connectivity index (χ0n) is 10.6. The van der Waals surface area contributed by atoms with Gasteiger partial charge in [0, 0.05) is 13.1 Å². The van der Waals surface area contributed by atoms with Gasteiger partial charge in [0.15, 0.2) is 0 Å². The molecule has 7 nitrogen and oxygen atoms in total. The maximum atomic E-state index is 11.5. The lowest BCUT2D eigenvalue weighted by Gasteiger charge is -2.24. The minimum Gasteiger partial charge on any atom is -0.481 e. The zero-order chi connectivity index (χ0) is 13.8. The fourth-order valence-corrected chi connectivity index (χ4v) is 1.50. The predicted octanol–water partition coefficient (Wildman–Crippen LogP) is -0.325. The molecule has 1 fully saturated rings. The monoisotopic (exact) mass is 257 g/mol. The van der Waals surface area contributed by atoms with Crippen LogP contribution in [0.2, 0.25) is 0 Å². The topological polar surface area (TPSA) is 108 Å². The largest absolute Gasteiger partial charge is 0.481 e. The summed E-state index contributed by atoms with van der Waals surface area (Å²) in [6, 6.07) is -1.06. The molecule has 18 heavy (non-hydrogen) atoms. The van der Waals surface area contributed by atoms with Crippen molar-refractivity contribution in [2.45, 2.75) is 32.7 Å². The maximum absolute atomic E-state index is 11.5. The van der Waals surface area contributed by atoms with Gasteiger partial charge in [0.2, 0.25) is 5.91 Å². The molecular formula is C11H19N3O4. The van der Waals surface area contributed by atoms with Crippen LogP contribution in [-0.4, -0.2) is 42.1 Å². The molecule has 0 aromatic carbocycles. The van der Waals surface area contributed by atoms with E-state index >= 15 is 0 Å². The van der Waals surface area contributed by atoms with Crippen LogP contribution < -0.4 is 16.0 Å². The van der Waals surface area contributed by atoms with E-state index in [1.165, 1.54) is 13.8 Å². The average Bonchev–Trinajstić information content (AvgIpc) is 2.29. The SMILES string of the molecule is CC(C)(CNC(=O)NC1CCCNC1=O)C(=O)O. The van der Waals surface area contributed by atoms with Crippen molar-refractivity contribution in [1.82, 2.24) is 16.0 Å². The molecule has 4 N–H and O–H groups in total. The van der Waals surface area contributed by atoms with Crippen LogP contribution >= 0.6 is 0 Å². The van der Waals surface area contributed by atoms with Gasteiger partial charge in [-0.2, -0.15) is 0 Å². The summed E-state index contributed by atoms with van der Waals surface area (Å²) in [5.41, 5.74) is -1.04. The number of nitrogens with one attached hydrogen (secondary N) is 3. The Kier molecular flexibility index (Phi) is 4.52. The minimum absolute atomic E-state index is 0.00249. The normalized spacial score (nSPS) is 19.9. The molecule has 7 heteroatoms. The molecule has 1 heterocycles. The summed E-state index contributed by atoms with van der Waals surface area (Å²) >= 11 is 0. The molecule has 1 aliphatic rings. The van der Waals surface area contributed by atoms with Gasteiger partial charge in [0.25, 0.3) is 0 Å². The molecule has 1 saturated heterocycles. The summed E-state index contributed by atoms with van der Waals surface area (Å²) in [7, 11) is 0. The molecule has 0 spiro atoms. The summed E-state index contributed by atoms with van der Waals surface area (Å²) in [6.07, 6.45) is 1.42. The van der Waals surface area contributed by atoms with Crippen LogP contribution in [0.25, 0.3) is 0 Å². The van der Waals surface area contributed by atoms with Crippen LogP contribution in [0, 0.1) is 5.41 Å². The van der Waals surface area contributed by atoms with Gasteiger partial charge in [-0.3, -0.25) is 9.59 Å². The molecule has 0 radical (unpaired) electrons. The van der Waals surface area contributed by atoms with Gasteiger partial charge in [0.1, 0.15) is 6.04 Å². The number of rotatable bonds is 4. The van der Waals surface area contributed by atoms with E-state index in [4.69, 9.17) is 5.11 Å². The second-order valence-electron chi connectivity index (χ2n) is 5.00. The van der Waals surface area contributed by atoms with Crippen LogP contribution in [0.4, 0.5) is 4.79 Å². The molecule has 1 atom stereocenters. The standard InChI is InChI=1S/C11H19N3O4/c1-11(2,9(16)17)6-13-10(18)14-7-4-3-5-12-8(7)15/h7H,3-6H2,1-2H3,(H,12,15)(H,16,17)(H2,13,14,18). The molecule has 0 bridgehead atoms. The van der Waals surface area contributed by atoms with E-state index in [0.29, 0.717) is 13.0 Å². The molecule has 0 aliphatic carbocycles. The molecule has 0 aromatic rings. The number of hydrogen-bond acceptors (Lipinski definition) is 3. The maximum Gasteiger partial charge on any atom is 0.315 e. The zero-order valence-corrected chi connectivity index (χ0v) is 10.6. The smallest absolute Gasteiger partial charge is 0.315 e. The molecule has 1 unspecified atom stereocenters. The van der Waals surface area contributed by atoms with Crippen molar-refractivity contribution in [2.75, 3.05) is 13.1 Å². The van der Waals surface area contributed by atoms with Crippen molar-refractivity contribution in [3.8, 4) is 0 Å². The van der Waals surface area contributed by atoms with E-state index in [2.05, 4.69) is 16.0 Å². The lowest BCUT2D eigenvalue weighted by atomic mass is 9.94. The Hall–Kier alpha value is -1.79. The number of urea groups is 1. The number of carboxylic acids is 1. The Labute approximate surface area is 105 Å². The number of hydrogen-bond donors (Lipinski definition) is 4. The van der Waals surface area contributed by atoms with Gasteiger partial charge in [-0.25, -0.2) is 4.79 Å². The first-order valence-corrected chi connectivity index (χ1v) is 5.88. The van der Waals surface area contributed by atoms with Crippen LogP contribution in [0.3, 0.4) is 0 Å². The first-order valence-electron chi connectivity index (χ1n) is 5.88. The Bertz CT molecular complexity index is 354. The number of carbonyl (C=O) groups is 3. The molecular weight excluding hydrogens is 238 g/mol. The fourth-order valence-electron chi connectivity index (χ4n) is 1.50. The number of piperidine rings is 1. The predicted molar refractivity (Wildman–Crippen MR) is 64.0 cm³/mol. The molecule has 102 valence electrons. The second kappa shape index (κ2) is 5.70. The minimum atomic E-state index is -1.04. The van der Waals surface area contributed by atoms with Gasteiger partial charge in [-0.05, 0) is 26.7 Å². The van der Waals surface area contributed by atoms with Crippen molar-refractivity contribution in [3.63, 3.8) is 0 Å². The molecule has 0 aromatic heterocycles. The van der Waals surface area contributed by atoms with Crippen LogP contribution in [0.15, 0.2) is 0 Å². The summed E-state index contributed by atoms with van der Waals surface area (Å²) in [6.45, 7) is 3.67. The lowest BCUT2D eigenvalue weighted by Crippen LogP contribution is -2.54. The molecule has 3 amide bonds. The molecule has 1 rings (SSSR count). The number of carboxylic acid groups (broad SMARTS) is 1. The van der Waals surface area contributed by atoms with Gasteiger partial charge < -0.3 is 21.1 Å². The highest BCUT2D eigenvalue weighted by molar-refractivity contribution is 5.87. The van der Waals surface area contributed by atoms with Crippen molar-refractivity contribution in [3.05, 3.63) is 0 Å². The van der Waals surface area contributed by atoms with E-state index < -0.39 is 23.5 Å². The Morgan fingerprint density at radius 3 is 2.72 bits per heavy atom. The van der Waals surface area contributed by atoms with Crippen molar-refractivity contribution >= 4 is 17.9 Å². The van der Waals surface area contributed by atoms with Crippen LogP contribution in [0.1, 0.15) is 26.7 Å². The van der Waals surface area contributed by atoms with E-state index in [9.17, 15) is 14.4 Å². The van der Waals surface area contributed by atoms with Gasteiger partial charge in [0.05, 0.1) is 5.41 Å². The third-order valence-corrected chi connectivity index (χ3v) is 2.86. The van der Waals surface area contributed by atoms with E-state index in [1.807, 2.05) is 0 Å². The summed E-state index contributed by atoms with van der Waals surface area (Å²) in [5.74, 6) is -1.19. The Morgan fingerprint density at radius 1 is 1.50 bits per heavy atom. The number of aliphatic carboxylic acids is 1.